The van der Waals surface area contributed by atoms with Crippen molar-refractivity contribution in [2.75, 3.05) is 19.8 Å². The van der Waals surface area contributed by atoms with E-state index in [1.54, 1.807) is 0 Å². The second-order valence-electron chi connectivity index (χ2n) is 5.82. The summed E-state index contributed by atoms with van der Waals surface area (Å²) in [5.41, 5.74) is 0.828. The maximum absolute atomic E-state index is 11.6. The van der Waals surface area contributed by atoms with Gasteiger partial charge in [-0.25, -0.2) is 0 Å². The lowest BCUT2D eigenvalue weighted by atomic mass is 9.95. The number of para-hydroxylation sites is 1. The molecular weight excluding hydrogens is 254 g/mol. The molecule has 4 heteroatoms. The van der Waals surface area contributed by atoms with Crippen LogP contribution in [0.2, 0.25) is 0 Å². The van der Waals surface area contributed by atoms with E-state index in [4.69, 9.17) is 9.84 Å². The number of hydrogen-bond donors (Lipinski definition) is 2. The highest BCUT2D eigenvalue weighted by atomic mass is 16.5. The molecule has 0 bridgehead atoms. The fourth-order valence-electron chi connectivity index (χ4n) is 1.62. The van der Waals surface area contributed by atoms with Crippen molar-refractivity contribution < 1.29 is 14.6 Å². The molecule has 1 amide bonds. The van der Waals surface area contributed by atoms with E-state index in [0.29, 0.717) is 26.0 Å². The van der Waals surface area contributed by atoms with Crippen molar-refractivity contribution in [1.82, 2.24) is 5.32 Å². The molecule has 0 heterocycles. The van der Waals surface area contributed by atoms with Gasteiger partial charge >= 0.3 is 0 Å². The maximum atomic E-state index is 11.6. The largest absolute Gasteiger partial charge is 0.493 e. The minimum Gasteiger partial charge on any atom is -0.493 e. The number of hydrogen-bond acceptors (Lipinski definition) is 3. The average molecular weight is 279 g/mol. The Morgan fingerprint density at radius 2 is 2.05 bits per heavy atom. The van der Waals surface area contributed by atoms with Crippen LogP contribution in [0.15, 0.2) is 24.3 Å². The molecule has 0 aromatic heterocycles. The minimum atomic E-state index is -0.271. The van der Waals surface area contributed by atoms with Crippen molar-refractivity contribution in [2.45, 2.75) is 33.6 Å². The Balaban J connectivity index is 2.18. The number of rotatable bonds is 8. The van der Waals surface area contributed by atoms with Gasteiger partial charge in [0.25, 0.3) is 0 Å². The molecule has 20 heavy (non-hydrogen) atoms. The zero-order valence-electron chi connectivity index (χ0n) is 12.6. The molecule has 1 aromatic rings. The standard InChI is InChI=1S/C16H25NO3/c1-13-7-4-5-8-14(13)20-10-6-9-15(19)17-11-16(2,3)12-18/h4-5,7-8,18H,6,9-12H2,1-3H3,(H,17,19). The van der Waals surface area contributed by atoms with Gasteiger partial charge in [-0.15, -0.1) is 0 Å². The molecule has 0 aliphatic heterocycles. The van der Waals surface area contributed by atoms with E-state index in [1.807, 2.05) is 45.0 Å². The molecule has 4 nitrogen and oxygen atoms in total. The van der Waals surface area contributed by atoms with E-state index in [0.717, 1.165) is 11.3 Å². The molecule has 0 saturated carbocycles. The highest BCUT2D eigenvalue weighted by Gasteiger charge is 2.17. The lowest BCUT2D eigenvalue weighted by Crippen LogP contribution is -2.36. The Hall–Kier alpha value is -1.55. The van der Waals surface area contributed by atoms with Crippen LogP contribution in [0.25, 0.3) is 0 Å². The fraction of sp³-hybridized carbons (Fsp3) is 0.562. The monoisotopic (exact) mass is 279 g/mol. The van der Waals surface area contributed by atoms with Crippen LogP contribution >= 0.6 is 0 Å². The zero-order chi connectivity index (χ0) is 15.0. The first kappa shape index (κ1) is 16.5. The molecule has 0 aliphatic carbocycles. The molecule has 112 valence electrons. The quantitative estimate of drug-likeness (QED) is 0.718. The lowest BCUT2D eigenvalue weighted by Gasteiger charge is -2.21. The summed E-state index contributed by atoms with van der Waals surface area (Å²) in [6, 6.07) is 7.84. The topological polar surface area (TPSA) is 58.6 Å². The molecule has 2 N–H and O–H groups in total. The Morgan fingerprint density at radius 3 is 2.70 bits per heavy atom. The van der Waals surface area contributed by atoms with Crippen molar-refractivity contribution in [2.24, 2.45) is 5.41 Å². The fourth-order valence-corrected chi connectivity index (χ4v) is 1.62. The van der Waals surface area contributed by atoms with Gasteiger partial charge in [0, 0.05) is 25.0 Å². The Kier molecular flexibility index (Phi) is 6.52. The van der Waals surface area contributed by atoms with Gasteiger partial charge in [-0.05, 0) is 25.0 Å². The summed E-state index contributed by atoms with van der Waals surface area (Å²) >= 11 is 0. The van der Waals surface area contributed by atoms with E-state index in [-0.39, 0.29) is 17.9 Å². The van der Waals surface area contributed by atoms with Crippen LogP contribution in [0.3, 0.4) is 0 Å². The first-order chi connectivity index (χ1) is 9.44. The molecule has 0 atom stereocenters. The van der Waals surface area contributed by atoms with Gasteiger partial charge in [-0.3, -0.25) is 4.79 Å². The van der Waals surface area contributed by atoms with Crippen LogP contribution in [-0.2, 0) is 4.79 Å². The number of carbonyl (C=O) groups excluding carboxylic acids is 1. The molecular formula is C16H25NO3. The van der Waals surface area contributed by atoms with Crippen molar-refractivity contribution in [3.63, 3.8) is 0 Å². The van der Waals surface area contributed by atoms with Crippen molar-refractivity contribution >= 4 is 5.91 Å². The third-order valence-electron chi connectivity index (χ3n) is 3.09. The molecule has 0 unspecified atom stereocenters. The predicted octanol–water partition coefficient (Wildman–Crippen LogP) is 2.29. The number of ether oxygens (including phenoxy) is 1. The number of nitrogens with one attached hydrogen (secondary N) is 1. The summed E-state index contributed by atoms with van der Waals surface area (Å²) in [6.45, 7) is 6.90. The molecule has 0 saturated heterocycles. The molecule has 0 spiro atoms. The van der Waals surface area contributed by atoms with E-state index in [9.17, 15) is 4.79 Å². The molecule has 0 fully saturated rings. The second-order valence-corrected chi connectivity index (χ2v) is 5.82. The van der Waals surface area contributed by atoms with Gasteiger partial charge in [0.2, 0.25) is 5.91 Å². The van der Waals surface area contributed by atoms with Gasteiger partial charge in [-0.1, -0.05) is 32.0 Å². The predicted molar refractivity (Wildman–Crippen MR) is 79.8 cm³/mol. The molecule has 0 radical (unpaired) electrons. The van der Waals surface area contributed by atoms with Crippen molar-refractivity contribution in [1.29, 1.82) is 0 Å². The highest BCUT2D eigenvalue weighted by molar-refractivity contribution is 5.75. The van der Waals surface area contributed by atoms with Gasteiger partial charge < -0.3 is 15.2 Å². The van der Waals surface area contributed by atoms with Gasteiger partial charge in [0.15, 0.2) is 0 Å². The summed E-state index contributed by atoms with van der Waals surface area (Å²) in [6.07, 6.45) is 1.12. The third kappa shape index (κ3) is 6.06. The Morgan fingerprint density at radius 1 is 1.35 bits per heavy atom. The summed E-state index contributed by atoms with van der Waals surface area (Å²) < 4.78 is 5.63. The van der Waals surface area contributed by atoms with E-state index in [1.165, 1.54) is 0 Å². The van der Waals surface area contributed by atoms with Gasteiger partial charge in [0.1, 0.15) is 5.75 Å². The number of amides is 1. The van der Waals surface area contributed by atoms with E-state index < -0.39 is 0 Å². The molecule has 1 rings (SSSR count). The number of aryl methyl sites for hydroxylation is 1. The summed E-state index contributed by atoms with van der Waals surface area (Å²) in [5, 5.41) is 11.9. The molecule has 1 aromatic carbocycles. The number of carbonyl (C=O) groups is 1. The van der Waals surface area contributed by atoms with Crippen LogP contribution < -0.4 is 10.1 Å². The summed E-state index contributed by atoms with van der Waals surface area (Å²) in [5.74, 6) is 0.870. The number of aliphatic hydroxyl groups excluding tert-OH is 1. The lowest BCUT2D eigenvalue weighted by molar-refractivity contribution is -0.121. The Bertz CT molecular complexity index is 429. The SMILES string of the molecule is Cc1ccccc1OCCCC(=O)NCC(C)(C)CO. The van der Waals surface area contributed by atoms with E-state index in [2.05, 4.69) is 5.32 Å². The summed E-state index contributed by atoms with van der Waals surface area (Å²) in [7, 11) is 0. The Labute approximate surface area is 121 Å². The maximum Gasteiger partial charge on any atom is 0.220 e. The first-order valence-electron chi connectivity index (χ1n) is 7.00. The smallest absolute Gasteiger partial charge is 0.220 e. The van der Waals surface area contributed by atoms with Crippen molar-refractivity contribution in [3.05, 3.63) is 29.8 Å². The first-order valence-corrected chi connectivity index (χ1v) is 7.00. The average Bonchev–Trinajstić information content (AvgIpc) is 2.43. The van der Waals surface area contributed by atoms with Crippen LogP contribution in [0.4, 0.5) is 0 Å². The molecule has 0 aliphatic rings. The van der Waals surface area contributed by atoms with Gasteiger partial charge in [-0.2, -0.15) is 0 Å². The van der Waals surface area contributed by atoms with E-state index >= 15 is 0 Å². The third-order valence-corrected chi connectivity index (χ3v) is 3.09. The van der Waals surface area contributed by atoms with Gasteiger partial charge in [0.05, 0.1) is 6.61 Å². The van der Waals surface area contributed by atoms with Crippen LogP contribution in [0.5, 0.6) is 5.75 Å². The minimum absolute atomic E-state index is 0.0000846. The van der Waals surface area contributed by atoms with Crippen molar-refractivity contribution in [3.8, 4) is 5.75 Å². The van der Waals surface area contributed by atoms with Crippen LogP contribution in [0, 0.1) is 12.3 Å². The summed E-state index contributed by atoms with van der Waals surface area (Å²) in [4.78, 5) is 11.6. The normalized spacial score (nSPS) is 11.2. The number of aliphatic hydroxyl groups is 1. The highest BCUT2D eigenvalue weighted by Crippen LogP contribution is 2.16. The second kappa shape index (κ2) is 7.90. The number of benzene rings is 1. The van der Waals surface area contributed by atoms with Crippen LogP contribution in [-0.4, -0.2) is 30.8 Å². The zero-order valence-corrected chi connectivity index (χ0v) is 12.6. The van der Waals surface area contributed by atoms with Crippen LogP contribution in [0.1, 0.15) is 32.3 Å².